The smallest absolute Gasteiger partial charge is 0.268 e. The van der Waals surface area contributed by atoms with E-state index in [0.29, 0.717) is 4.88 Å². The van der Waals surface area contributed by atoms with Crippen LogP contribution in [-0.2, 0) is 0 Å². The first-order chi connectivity index (χ1) is 10.6. The molecule has 22 heavy (non-hydrogen) atoms. The number of benzene rings is 2. The number of carbonyl (C=O) groups is 1. The van der Waals surface area contributed by atoms with Gasteiger partial charge in [0, 0.05) is 11.3 Å². The number of aromatic nitrogens is 1. The Labute approximate surface area is 133 Å². The summed E-state index contributed by atoms with van der Waals surface area (Å²) >= 11 is 1.36. The summed E-state index contributed by atoms with van der Waals surface area (Å²) in [4.78, 5) is 17.6. The Morgan fingerprint density at radius 2 is 1.86 bits per heavy atom. The van der Waals surface area contributed by atoms with Gasteiger partial charge in [0.15, 0.2) is 0 Å². The SMILES string of the molecule is Cc1ccc(C)c(NC(=O)c2scnc2-c2ccccc2)c1. The number of nitrogens with zero attached hydrogens (tertiary/aromatic N) is 1. The van der Waals surface area contributed by atoms with E-state index in [0.717, 1.165) is 28.1 Å². The zero-order valence-corrected chi connectivity index (χ0v) is 13.3. The molecule has 1 amide bonds. The fourth-order valence-electron chi connectivity index (χ4n) is 2.26. The monoisotopic (exact) mass is 308 g/mol. The van der Waals surface area contributed by atoms with Crippen molar-refractivity contribution < 1.29 is 4.79 Å². The van der Waals surface area contributed by atoms with Crippen molar-refractivity contribution in [3.63, 3.8) is 0 Å². The van der Waals surface area contributed by atoms with Gasteiger partial charge in [-0.25, -0.2) is 4.98 Å². The maximum absolute atomic E-state index is 12.6. The topological polar surface area (TPSA) is 42.0 Å². The molecule has 0 spiro atoms. The van der Waals surface area contributed by atoms with Gasteiger partial charge in [-0.15, -0.1) is 11.3 Å². The van der Waals surface area contributed by atoms with Crippen LogP contribution >= 0.6 is 11.3 Å². The van der Waals surface area contributed by atoms with Gasteiger partial charge >= 0.3 is 0 Å². The van der Waals surface area contributed by atoms with E-state index in [-0.39, 0.29) is 5.91 Å². The van der Waals surface area contributed by atoms with E-state index in [9.17, 15) is 4.79 Å². The molecule has 0 atom stereocenters. The Kier molecular flexibility index (Phi) is 4.02. The van der Waals surface area contributed by atoms with Crippen LogP contribution in [0, 0.1) is 13.8 Å². The second kappa shape index (κ2) is 6.12. The van der Waals surface area contributed by atoms with Gasteiger partial charge in [0.1, 0.15) is 4.88 Å². The van der Waals surface area contributed by atoms with Crippen molar-refractivity contribution in [2.45, 2.75) is 13.8 Å². The quantitative estimate of drug-likeness (QED) is 0.763. The lowest BCUT2D eigenvalue weighted by molar-refractivity contribution is 0.103. The van der Waals surface area contributed by atoms with Crippen molar-refractivity contribution in [2.75, 3.05) is 5.32 Å². The summed E-state index contributed by atoms with van der Waals surface area (Å²) in [6, 6.07) is 15.8. The summed E-state index contributed by atoms with van der Waals surface area (Å²) in [5, 5.41) is 3.00. The summed E-state index contributed by atoms with van der Waals surface area (Å²) in [7, 11) is 0. The molecule has 3 nitrogen and oxygen atoms in total. The normalized spacial score (nSPS) is 10.5. The van der Waals surface area contributed by atoms with Crippen molar-refractivity contribution in [3.8, 4) is 11.3 Å². The van der Waals surface area contributed by atoms with E-state index >= 15 is 0 Å². The van der Waals surface area contributed by atoms with Crippen molar-refractivity contribution >= 4 is 22.9 Å². The number of anilines is 1. The van der Waals surface area contributed by atoms with Crippen molar-refractivity contribution in [1.29, 1.82) is 0 Å². The molecule has 0 unspecified atom stereocenters. The first-order valence-corrected chi connectivity index (χ1v) is 7.90. The number of amides is 1. The average Bonchev–Trinajstić information content (AvgIpc) is 3.01. The number of nitrogens with one attached hydrogen (secondary N) is 1. The fourth-order valence-corrected chi connectivity index (χ4v) is 2.96. The van der Waals surface area contributed by atoms with Crippen LogP contribution in [0.4, 0.5) is 5.69 Å². The van der Waals surface area contributed by atoms with E-state index in [1.54, 1.807) is 5.51 Å². The highest BCUT2D eigenvalue weighted by Crippen LogP contribution is 2.26. The number of thiazole rings is 1. The second-order valence-corrected chi connectivity index (χ2v) is 6.02. The number of rotatable bonds is 3. The molecule has 110 valence electrons. The molecule has 1 heterocycles. The Hall–Kier alpha value is -2.46. The highest BCUT2D eigenvalue weighted by molar-refractivity contribution is 7.12. The molecule has 1 aromatic heterocycles. The molecule has 0 aliphatic carbocycles. The Bertz CT molecular complexity index is 809. The van der Waals surface area contributed by atoms with E-state index in [1.807, 2.05) is 62.4 Å². The van der Waals surface area contributed by atoms with Crippen molar-refractivity contribution in [1.82, 2.24) is 4.98 Å². The maximum atomic E-state index is 12.6. The first kappa shape index (κ1) is 14.5. The Morgan fingerprint density at radius 3 is 2.64 bits per heavy atom. The Morgan fingerprint density at radius 1 is 1.09 bits per heavy atom. The number of hydrogen-bond acceptors (Lipinski definition) is 3. The second-order valence-electron chi connectivity index (χ2n) is 5.17. The molecule has 0 aliphatic heterocycles. The van der Waals surface area contributed by atoms with Gasteiger partial charge in [0.05, 0.1) is 11.2 Å². The molecular formula is C18H16N2OS. The summed E-state index contributed by atoms with van der Waals surface area (Å²) in [5.74, 6) is -0.116. The highest BCUT2D eigenvalue weighted by Gasteiger charge is 2.16. The number of carbonyl (C=O) groups excluding carboxylic acids is 1. The van der Waals surface area contributed by atoms with Crippen LogP contribution in [0.25, 0.3) is 11.3 Å². The molecule has 0 aliphatic rings. The lowest BCUT2D eigenvalue weighted by Gasteiger charge is -2.09. The summed E-state index contributed by atoms with van der Waals surface area (Å²) in [5.41, 5.74) is 6.40. The van der Waals surface area contributed by atoms with E-state index in [2.05, 4.69) is 10.3 Å². The van der Waals surface area contributed by atoms with Crippen LogP contribution in [-0.4, -0.2) is 10.9 Å². The number of hydrogen-bond donors (Lipinski definition) is 1. The van der Waals surface area contributed by atoms with Gasteiger partial charge in [-0.2, -0.15) is 0 Å². The van der Waals surface area contributed by atoms with Crippen LogP contribution in [0.3, 0.4) is 0 Å². The molecule has 0 radical (unpaired) electrons. The number of aryl methyl sites for hydroxylation is 2. The molecular weight excluding hydrogens is 292 g/mol. The molecule has 0 fully saturated rings. The van der Waals surface area contributed by atoms with Crippen LogP contribution < -0.4 is 5.32 Å². The lowest BCUT2D eigenvalue weighted by Crippen LogP contribution is -2.12. The van der Waals surface area contributed by atoms with Gasteiger partial charge in [0.25, 0.3) is 5.91 Å². The van der Waals surface area contributed by atoms with Crippen molar-refractivity contribution in [2.24, 2.45) is 0 Å². The third-order valence-electron chi connectivity index (χ3n) is 3.46. The minimum Gasteiger partial charge on any atom is -0.321 e. The molecule has 1 N–H and O–H groups in total. The third kappa shape index (κ3) is 2.92. The molecule has 3 aromatic rings. The van der Waals surface area contributed by atoms with Crippen LogP contribution in [0.15, 0.2) is 54.0 Å². The maximum Gasteiger partial charge on any atom is 0.268 e. The van der Waals surface area contributed by atoms with E-state index in [1.165, 1.54) is 11.3 Å². The van der Waals surface area contributed by atoms with E-state index in [4.69, 9.17) is 0 Å². The average molecular weight is 308 g/mol. The van der Waals surface area contributed by atoms with Crippen molar-refractivity contribution in [3.05, 3.63) is 70.0 Å². The predicted octanol–water partition coefficient (Wildman–Crippen LogP) is 4.68. The first-order valence-electron chi connectivity index (χ1n) is 7.02. The van der Waals surface area contributed by atoms with Gasteiger partial charge in [-0.05, 0) is 31.0 Å². The summed E-state index contributed by atoms with van der Waals surface area (Å²) in [6.07, 6.45) is 0. The zero-order chi connectivity index (χ0) is 15.5. The largest absolute Gasteiger partial charge is 0.321 e. The van der Waals surface area contributed by atoms with Gasteiger partial charge < -0.3 is 5.32 Å². The summed E-state index contributed by atoms with van der Waals surface area (Å²) < 4.78 is 0. The fraction of sp³-hybridized carbons (Fsp3) is 0.111. The summed E-state index contributed by atoms with van der Waals surface area (Å²) in [6.45, 7) is 4.00. The molecule has 3 rings (SSSR count). The highest BCUT2D eigenvalue weighted by atomic mass is 32.1. The van der Waals surface area contributed by atoms with Gasteiger partial charge in [-0.1, -0.05) is 42.5 Å². The Balaban J connectivity index is 1.91. The van der Waals surface area contributed by atoms with Crippen LogP contribution in [0.2, 0.25) is 0 Å². The van der Waals surface area contributed by atoms with Crippen LogP contribution in [0.1, 0.15) is 20.8 Å². The molecule has 0 saturated heterocycles. The third-order valence-corrected chi connectivity index (χ3v) is 4.29. The molecule has 0 saturated carbocycles. The minimum atomic E-state index is -0.116. The van der Waals surface area contributed by atoms with Gasteiger partial charge in [0.2, 0.25) is 0 Å². The van der Waals surface area contributed by atoms with Gasteiger partial charge in [-0.3, -0.25) is 4.79 Å². The van der Waals surface area contributed by atoms with E-state index < -0.39 is 0 Å². The van der Waals surface area contributed by atoms with Crippen LogP contribution in [0.5, 0.6) is 0 Å². The molecule has 0 bridgehead atoms. The minimum absolute atomic E-state index is 0.116. The molecule has 2 aromatic carbocycles. The standard InChI is InChI=1S/C18H16N2OS/c1-12-8-9-13(2)15(10-12)20-18(21)17-16(19-11-22-17)14-6-4-3-5-7-14/h3-11H,1-2H3,(H,20,21). The molecule has 4 heteroatoms. The lowest BCUT2D eigenvalue weighted by atomic mass is 10.1. The predicted molar refractivity (Wildman–Crippen MR) is 91.4 cm³/mol. The zero-order valence-electron chi connectivity index (χ0n) is 12.5.